The fourth-order valence-corrected chi connectivity index (χ4v) is 3.48. The third-order valence-corrected chi connectivity index (χ3v) is 4.73. The first-order valence-electron chi connectivity index (χ1n) is 6.29. The molecule has 1 atom stereocenters. The second-order valence-electron chi connectivity index (χ2n) is 4.84. The van der Waals surface area contributed by atoms with Crippen molar-refractivity contribution in [2.24, 2.45) is 0 Å². The fourth-order valence-electron chi connectivity index (χ4n) is 2.31. The molecule has 0 saturated carbocycles. The first kappa shape index (κ1) is 11.7. The average molecular weight is 255 g/mol. The number of aryl methyl sites for hydroxylation is 2. The molecule has 2 heteroatoms. The van der Waals surface area contributed by atoms with E-state index in [1.54, 1.807) is 0 Å². The highest BCUT2D eigenvalue weighted by Crippen LogP contribution is 2.39. The lowest BCUT2D eigenvalue weighted by Gasteiger charge is -2.15. The van der Waals surface area contributed by atoms with Gasteiger partial charge in [-0.25, -0.2) is 0 Å². The molecule has 18 heavy (non-hydrogen) atoms. The molecule has 0 bridgehead atoms. The monoisotopic (exact) mass is 255 g/mol. The van der Waals surface area contributed by atoms with Crippen molar-refractivity contribution in [1.82, 2.24) is 0 Å². The first-order valence-corrected chi connectivity index (χ1v) is 7.28. The van der Waals surface area contributed by atoms with E-state index >= 15 is 0 Å². The highest BCUT2D eigenvalue weighted by molar-refractivity contribution is 7.99. The number of hydrogen-bond donors (Lipinski definition) is 1. The third kappa shape index (κ3) is 2.13. The van der Waals surface area contributed by atoms with Crippen LogP contribution in [0.25, 0.3) is 0 Å². The summed E-state index contributed by atoms with van der Waals surface area (Å²) >= 11 is 1.94. The average Bonchev–Trinajstić information content (AvgIpc) is 2.78. The second kappa shape index (κ2) is 4.69. The van der Waals surface area contributed by atoms with E-state index in [0.29, 0.717) is 6.04 Å². The number of nitrogens with one attached hydrogen (secondary N) is 1. The molecule has 0 fully saturated rings. The van der Waals surface area contributed by atoms with E-state index in [2.05, 4.69) is 61.6 Å². The van der Waals surface area contributed by atoms with Crippen LogP contribution in [0.5, 0.6) is 0 Å². The summed E-state index contributed by atoms with van der Waals surface area (Å²) in [5.41, 5.74) is 5.35. The van der Waals surface area contributed by atoms with Crippen molar-refractivity contribution < 1.29 is 0 Å². The van der Waals surface area contributed by atoms with Crippen LogP contribution in [0.3, 0.4) is 0 Å². The van der Waals surface area contributed by atoms with Crippen molar-refractivity contribution in [3.8, 4) is 0 Å². The van der Waals surface area contributed by atoms with Gasteiger partial charge in [0.1, 0.15) is 0 Å². The van der Waals surface area contributed by atoms with Crippen LogP contribution < -0.4 is 5.32 Å². The molecule has 3 rings (SSSR count). The number of benzene rings is 2. The van der Waals surface area contributed by atoms with Crippen molar-refractivity contribution in [3.05, 3.63) is 59.2 Å². The van der Waals surface area contributed by atoms with E-state index in [4.69, 9.17) is 0 Å². The zero-order chi connectivity index (χ0) is 12.5. The third-order valence-electron chi connectivity index (χ3n) is 3.55. The Kier molecular flexibility index (Phi) is 3.04. The van der Waals surface area contributed by atoms with Crippen molar-refractivity contribution in [2.45, 2.75) is 24.8 Å². The zero-order valence-corrected chi connectivity index (χ0v) is 11.6. The van der Waals surface area contributed by atoms with Gasteiger partial charge in [0.25, 0.3) is 0 Å². The van der Waals surface area contributed by atoms with Crippen LogP contribution in [0.4, 0.5) is 5.69 Å². The quantitative estimate of drug-likeness (QED) is 0.844. The lowest BCUT2D eigenvalue weighted by atomic mass is 10.1. The fraction of sp³-hybridized carbons (Fsp3) is 0.250. The van der Waals surface area contributed by atoms with Gasteiger partial charge in [-0.1, -0.05) is 24.3 Å². The maximum atomic E-state index is 3.64. The van der Waals surface area contributed by atoms with Gasteiger partial charge in [-0.3, -0.25) is 0 Å². The van der Waals surface area contributed by atoms with Crippen LogP contribution in [0, 0.1) is 13.8 Å². The summed E-state index contributed by atoms with van der Waals surface area (Å²) in [6.45, 7) is 4.32. The number of thioether (sulfide) groups is 1. The molecule has 0 spiro atoms. The Morgan fingerprint density at radius 2 is 1.89 bits per heavy atom. The Hall–Kier alpha value is -1.41. The van der Waals surface area contributed by atoms with E-state index in [1.165, 1.54) is 27.3 Å². The molecule has 0 radical (unpaired) electrons. The van der Waals surface area contributed by atoms with Crippen LogP contribution in [0.15, 0.2) is 47.4 Å². The summed E-state index contributed by atoms with van der Waals surface area (Å²) in [7, 11) is 0. The molecule has 92 valence electrons. The Balaban J connectivity index is 1.84. The summed E-state index contributed by atoms with van der Waals surface area (Å²) in [6, 6.07) is 15.7. The number of hydrogen-bond acceptors (Lipinski definition) is 2. The molecule has 2 aromatic rings. The number of anilines is 1. The largest absolute Gasteiger partial charge is 0.377 e. The Labute approximate surface area is 113 Å². The SMILES string of the molecule is Cc1ccc(NC2CSc3ccccc32)cc1C. The summed E-state index contributed by atoms with van der Waals surface area (Å²) in [5.74, 6) is 1.12. The Morgan fingerprint density at radius 1 is 1.06 bits per heavy atom. The van der Waals surface area contributed by atoms with E-state index in [1.807, 2.05) is 11.8 Å². The summed E-state index contributed by atoms with van der Waals surface area (Å²) in [5, 5.41) is 3.64. The normalized spacial score (nSPS) is 17.6. The number of fused-ring (bicyclic) bond motifs is 1. The van der Waals surface area contributed by atoms with Crippen LogP contribution in [0.1, 0.15) is 22.7 Å². The topological polar surface area (TPSA) is 12.0 Å². The minimum atomic E-state index is 0.438. The molecule has 1 heterocycles. The van der Waals surface area contributed by atoms with E-state index < -0.39 is 0 Å². The summed E-state index contributed by atoms with van der Waals surface area (Å²) in [6.07, 6.45) is 0. The molecular weight excluding hydrogens is 238 g/mol. The van der Waals surface area contributed by atoms with Crippen molar-refractivity contribution in [2.75, 3.05) is 11.1 Å². The van der Waals surface area contributed by atoms with Crippen molar-refractivity contribution in [1.29, 1.82) is 0 Å². The molecule has 0 saturated heterocycles. The first-order chi connectivity index (χ1) is 8.74. The molecule has 1 nitrogen and oxygen atoms in total. The molecule has 1 aliphatic heterocycles. The van der Waals surface area contributed by atoms with E-state index in [-0.39, 0.29) is 0 Å². The standard InChI is InChI=1S/C16H17NS/c1-11-7-8-13(9-12(11)2)17-15-10-18-16-6-4-3-5-14(15)16/h3-9,15,17H,10H2,1-2H3. The predicted octanol–water partition coefficient (Wildman–Crippen LogP) is 4.56. The molecule has 0 aliphatic carbocycles. The molecule has 0 amide bonds. The molecule has 0 aromatic heterocycles. The maximum Gasteiger partial charge on any atom is 0.0618 e. The highest BCUT2D eigenvalue weighted by Gasteiger charge is 2.22. The second-order valence-corrected chi connectivity index (χ2v) is 5.91. The molecule has 2 aromatic carbocycles. The van der Waals surface area contributed by atoms with Crippen LogP contribution in [-0.4, -0.2) is 5.75 Å². The van der Waals surface area contributed by atoms with Gasteiger partial charge in [0, 0.05) is 16.3 Å². The van der Waals surface area contributed by atoms with Gasteiger partial charge >= 0.3 is 0 Å². The molecule has 1 N–H and O–H groups in total. The van der Waals surface area contributed by atoms with Gasteiger partial charge in [0.05, 0.1) is 6.04 Å². The lowest BCUT2D eigenvalue weighted by Crippen LogP contribution is -2.09. The Morgan fingerprint density at radius 3 is 2.72 bits per heavy atom. The maximum absolute atomic E-state index is 3.64. The van der Waals surface area contributed by atoms with Crippen LogP contribution in [0.2, 0.25) is 0 Å². The van der Waals surface area contributed by atoms with Crippen molar-refractivity contribution >= 4 is 17.4 Å². The van der Waals surface area contributed by atoms with E-state index in [9.17, 15) is 0 Å². The van der Waals surface area contributed by atoms with Gasteiger partial charge in [-0.2, -0.15) is 0 Å². The minimum Gasteiger partial charge on any atom is -0.377 e. The van der Waals surface area contributed by atoms with Gasteiger partial charge < -0.3 is 5.32 Å². The number of rotatable bonds is 2. The highest BCUT2D eigenvalue weighted by atomic mass is 32.2. The minimum absolute atomic E-state index is 0.438. The zero-order valence-electron chi connectivity index (χ0n) is 10.7. The summed E-state index contributed by atoms with van der Waals surface area (Å²) in [4.78, 5) is 1.42. The molecular formula is C16H17NS. The van der Waals surface area contributed by atoms with Gasteiger partial charge in [0.15, 0.2) is 0 Å². The van der Waals surface area contributed by atoms with Crippen LogP contribution in [-0.2, 0) is 0 Å². The Bertz CT molecular complexity index is 577. The lowest BCUT2D eigenvalue weighted by molar-refractivity contribution is 0.899. The summed E-state index contributed by atoms with van der Waals surface area (Å²) < 4.78 is 0. The molecule has 1 unspecified atom stereocenters. The van der Waals surface area contributed by atoms with Gasteiger partial charge in [0.2, 0.25) is 0 Å². The molecule has 1 aliphatic rings. The van der Waals surface area contributed by atoms with Crippen molar-refractivity contribution in [3.63, 3.8) is 0 Å². The van der Waals surface area contributed by atoms with Gasteiger partial charge in [-0.05, 0) is 48.7 Å². The van der Waals surface area contributed by atoms with E-state index in [0.717, 1.165) is 5.75 Å². The smallest absolute Gasteiger partial charge is 0.0618 e. The predicted molar refractivity (Wildman–Crippen MR) is 79.4 cm³/mol. The van der Waals surface area contributed by atoms with Crippen LogP contribution >= 0.6 is 11.8 Å². The van der Waals surface area contributed by atoms with Gasteiger partial charge in [-0.15, -0.1) is 11.8 Å².